The van der Waals surface area contributed by atoms with Gasteiger partial charge < -0.3 is 14.7 Å². The van der Waals surface area contributed by atoms with E-state index in [4.69, 9.17) is 16.3 Å². The zero-order valence-corrected chi connectivity index (χ0v) is 16.3. The van der Waals surface area contributed by atoms with Crippen LogP contribution < -0.4 is 15.0 Å². The summed E-state index contributed by atoms with van der Waals surface area (Å²) in [5.74, 6) is 1.26. The second-order valence-corrected chi connectivity index (χ2v) is 7.22. The lowest BCUT2D eigenvalue weighted by Gasteiger charge is -2.30. The van der Waals surface area contributed by atoms with Gasteiger partial charge in [0, 0.05) is 29.4 Å². The van der Waals surface area contributed by atoms with E-state index in [1.54, 1.807) is 41.6 Å². The number of anilines is 1. The van der Waals surface area contributed by atoms with Gasteiger partial charge in [-0.2, -0.15) is 0 Å². The maximum Gasteiger partial charge on any atom is 0.184 e. The summed E-state index contributed by atoms with van der Waals surface area (Å²) in [5, 5.41) is 14.3. The maximum atomic E-state index is 12.3. The second-order valence-electron chi connectivity index (χ2n) is 6.78. The molecule has 0 fully saturated rings. The van der Waals surface area contributed by atoms with Crippen molar-refractivity contribution in [3.05, 3.63) is 83.1 Å². The summed E-state index contributed by atoms with van der Waals surface area (Å²) in [6, 6.07) is 16.5. The van der Waals surface area contributed by atoms with Crippen molar-refractivity contribution in [2.45, 2.75) is 19.3 Å². The molecule has 148 valence electrons. The number of hydrogen-bond donors (Lipinski definition) is 2. The monoisotopic (exact) mass is 409 g/mol. The van der Waals surface area contributed by atoms with E-state index in [2.05, 4.69) is 10.3 Å². The van der Waals surface area contributed by atoms with E-state index in [0.717, 1.165) is 16.9 Å². The maximum absolute atomic E-state index is 12.3. The first-order chi connectivity index (χ1) is 14.1. The van der Waals surface area contributed by atoms with Crippen molar-refractivity contribution in [1.29, 1.82) is 0 Å². The Hall–Kier alpha value is -2.93. The summed E-state index contributed by atoms with van der Waals surface area (Å²) in [6.45, 7) is 0.416. The molecule has 0 spiro atoms. The molecule has 2 aromatic carbocycles. The molecule has 1 atom stereocenters. The van der Waals surface area contributed by atoms with Gasteiger partial charge in [0.1, 0.15) is 5.75 Å². The highest BCUT2D eigenvalue weighted by molar-refractivity contribution is 6.31. The van der Waals surface area contributed by atoms with Gasteiger partial charge in [0.25, 0.3) is 0 Å². The van der Waals surface area contributed by atoms with Crippen LogP contribution in [0.3, 0.4) is 0 Å². The third-order valence-corrected chi connectivity index (χ3v) is 4.90. The number of para-hydroxylation sites is 1. The molecule has 1 aromatic heterocycles. The number of benzene rings is 2. The molecule has 0 radical (unpaired) electrons. The van der Waals surface area contributed by atoms with Gasteiger partial charge in [-0.25, -0.2) is 0 Å². The standard InChI is InChI=1S/C22H20ClN3O3/c23-17-7-8-21-19(11-17)26(14-16-5-1-2-6-20(16)29-21)22(28)25-13-18(27)10-15-4-3-9-24-12-15/h1-9,11-12,22,25,28H,10,13-14H2. The fourth-order valence-electron chi connectivity index (χ4n) is 3.25. The van der Waals surface area contributed by atoms with Gasteiger partial charge in [-0.1, -0.05) is 35.9 Å². The summed E-state index contributed by atoms with van der Waals surface area (Å²) in [7, 11) is 0. The van der Waals surface area contributed by atoms with Crippen molar-refractivity contribution < 1.29 is 14.6 Å². The Balaban J connectivity index is 1.51. The van der Waals surface area contributed by atoms with Crippen molar-refractivity contribution in [3.63, 3.8) is 0 Å². The Morgan fingerprint density at radius 3 is 2.90 bits per heavy atom. The van der Waals surface area contributed by atoms with Crippen LogP contribution >= 0.6 is 11.6 Å². The molecule has 6 nitrogen and oxygen atoms in total. The molecule has 1 unspecified atom stereocenters. The summed E-state index contributed by atoms with van der Waals surface area (Å²) in [4.78, 5) is 18.0. The SMILES string of the molecule is O=C(CNC(O)N1Cc2ccccc2Oc2ccc(Cl)cc21)Cc1cccnc1. The molecule has 1 aliphatic rings. The summed E-state index contributed by atoms with van der Waals surface area (Å²) < 4.78 is 6.03. The molecular formula is C22H20ClN3O3. The van der Waals surface area contributed by atoms with E-state index in [9.17, 15) is 9.90 Å². The lowest BCUT2D eigenvalue weighted by atomic mass is 10.1. The van der Waals surface area contributed by atoms with Crippen LogP contribution in [0, 0.1) is 0 Å². The summed E-state index contributed by atoms with van der Waals surface area (Å²) in [6.07, 6.45) is 2.48. The highest BCUT2D eigenvalue weighted by Crippen LogP contribution is 2.40. The zero-order valence-electron chi connectivity index (χ0n) is 15.6. The second kappa shape index (κ2) is 8.61. The minimum absolute atomic E-state index is 0.0188. The number of fused-ring (bicyclic) bond motifs is 2. The highest BCUT2D eigenvalue weighted by Gasteiger charge is 2.26. The van der Waals surface area contributed by atoms with Gasteiger partial charge in [0.05, 0.1) is 18.8 Å². The number of ketones is 1. The quantitative estimate of drug-likeness (QED) is 0.607. The number of nitrogens with zero attached hydrogens (tertiary/aromatic N) is 2. The molecule has 29 heavy (non-hydrogen) atoms. The van der Waals surface area contributed by atoms with Gasteiger partial charge in [0.15, 0.2) is 17.9 Å². The first kappa shape index (κ1) is 19.4. The molecule has 1 aliphatic heterocycles. The van der Waals surface area contributed by atoms with Crippen LogP contribution in [-0.2, 0) is 17.8 Å². The number of ether oxygens (including phenoxy) is 1. The number of rotatable bonds is 6. The Labute approximate surface area is 173 Å². The largest absolute Gasteiger partial charge is 0.455 e. The predicted octanol–water partition coefficient (Wildman–Crippen LogP) is 3.52. The molecule has 4 rings (SSSR count). The van der Waals surface area contributed by atoms with Gasteiger partial charge >= 0.3 is 0 Å². The summed E-state index contributed by atoms with van der Waals surface area (Å²) in [5.41, 5.74) is 2.40. The Bertz CT molecular complexity index is 1010. The van der Waals surface area contributed by atoms with E-state index in [-0.39, 0.29) is 18.7 Å². The molecule has 0 saturated carbocycles. The number of aliphatic hydroxyl groups excluding tert-OH is 1. The molecule has 0 saturated heterocycles. The molecule has 2 N–H and O–H groups in total. The topological polar surface area (TPSA) is 74.7 Å². The van der Waals surface area contributed by atoms with Gasteiger partial charge in [0.2, 0.25) is 0 Å². The average Bonchev–Trinajstić information content (AvgIpc) is 2.89. The third kappa shape index (κ3) is 4.56. The number of halogens is 1. The average molecular weight is 410 g/mol. The van der Waals surface area contributed by atoms with E-state index < -0.39 is 6.35 Å². The Kier molecular flexibility index (Phi) is 5.76. The van der Waals surface area contributed by atoms with Crippen LogP contribution in [0.1, 0.15) is 11.1 Å². The van der Waals surface area contributed by atoms with Crippen molar-refractivity contribution in [1.82, 2.24) is 10.3 Å². The number of hydrogen-bond acceptors (Lipinski definition) is 6. The van der Waals surface area contributed by atoms with Gasteiger partial charge in [-0.15, -0.1) is 0 Å². The lowest BCUT2D eigenvalue weighted by Crippen LogP contribution is -2.47. The zero-order chi connectivity index (χ0) is 20.2. The Morgan fingerprint density at radius 2 is 2.07 bits per heavy atom. The van der Waals surface area contributed by atoms with Crippen LogP contribution in [0.15, 0.2) is 67.0 Å². The number of Topliss-reactive ketones (excluding diaryl/α,β-unsaturated/α-hetero) is 1. The van der Waals surface area contributed by atoms with Crippen LogP contribution in [0.2, 0.25) is 5.02 Å². The first-order valence-corrected chi connectivity index (χ1v) is 9.62. The van der Waals surface area contributed by atoms with Crippen LogP contribution in [0.5, 0.6) is 11.5 Å². The number of nitrogens with one attached hydrogen (secondary N) is 1. The molecule has 2 heterocycles. The third-order valence-electron chi connectivity index (χ3n) is 4.66. The fourth-order valence-corrected chi connectivity index (χ4v) is 3.42. The summed E-state index contributed by atoms with van der Waals surface area (Å²) >= 11 is 6.18. The van der Waals surface area contributed by atoms with E-state index in [0.29, 0.717) is 23.0 Å². The normalized spacial score (nSPS) is 13.7. The Morgan fingerprint density at radius 1 is 1.21 bits per heavy atom. The van der Waals surface area contributed by atoms with Crippen LogP contribution in [0.25, 0.3) is 0 Å². The molecule has 0 aliphatic carbocycles. The molecule has 7 heteroatoms. The van der Waals surface area contributed by atoms with Crippen molar-refractivity contribution in [2.75, 3.05) is 11.4 Å². The molecule has 0 amide bonds. The smallest absolute Gasteiger partial charge is 0.184 e. The predicted molar refractivity (Wildman–Crippen MR) is 111 cm³/mol. The van der Waals surface area contributed by atoms with E-state index in [1.165, 1.54) is 0 Å². The molecule has 0 bridgehead atoms. The number of pyridine rings is 1. The lowest BCUT2D eigenvalue weighted by molar-refractivity contribution is -0.118. The van der Waals surface area contributed by atoms with E-state index >= 15 is 0 Å². The van der Waals surface area contributed by atoms with Crippen molar-refractivity contribution in [3.8, 4) is 11.5 Å². The van der Waals surface area contributed by atoms with Crippen molar-refractivity contribution >= 4 is 23.1 Å². The minimum Gasteiger partial charge on any atom is -0.455 e. The molecular weight excluding hydrogens is 390 g/mol. The number of carbonyl (C=O) groups excluding carboxylic acids is 1. The van der Waals surface area contributed by atoms with Crippen LogP contribution in [0.4, 0.5) is 5.69 Å². The minimum atomic E-state index is -1.10. The van der Waals surface area contributed by atoms with Crippen molar-refractivity contribution in [2.24, 2.45) is 0 Å². The molecule has 3 aromatic rings. The van der Waals surface area contributed by atoms with Gasteiger partial charge in [-0.05, 0) is 35.9 Å². The fraction of sp³-hybridized carbons (Fsp3) is 0.182. The van der Waals surface area contributed by atoms with Crippen LogP contribution in [-0.4, -0.2) is 28.8 Å². The number of carbonyl (C=O) groups is 1. The first-order valence-electron chi connectivity index (χ1n) is 9.24. The highest BCUT2D eigenvalue weighted by atomic mass is 35.5. The van der Waals surface area contributed by atoms with E-state index in [1.807, 2.05) is 30.3 Å². The number of aliphatic hydroxyl groups is 1. The number of aromatic nitrogens is 1. The van der Waals surface area contributed by atoms with Gasteiger partial charge in [-0.3, -0.25) is 15.1 Å².